The zero-order valence-electron chi connectivity index (χ0n) is 12.3. The van der Waals surface area contributed by atoms with E-state index < -0.39 is 5.91 Å². The van der Waals surface area contributed by atoms with Gasteiger partial charge in [0.1, 0.15) is 6.33 Å². The van der Waals surface area contributed by atoms with E-state index in [9.17, 15) is 9.59 Å². The molecule has 2 heterocycles. The molecule has 0 bridgehead atoms. The second kappa shape index (κ2) is 6.17. The lowest BCUT2D eigenvalue weighted by molar-refractivity contribution is 0.0989. The maximum atomic E-state index is 12.3. The summed E-state index contributed by atoms with van der Waals surface area (Å²) in [7, 11) is 0. The molecular weight excluding hydrogens is 284 g/mol. The third-order valence-corrected chi connectivity index (χ3v) is 4.12. The van der Waals surface area contributed by atoms with E-state index in [0.29, 0.717) is 6.54 Å². The predicted molar refractivity (Wildman–Crippen MR) is 79.1 cm³/mol. The van der Waals surface area contributed by atoms with Crippen LogP contribution in [0.5, 0.6) is 0 Å². The van der Waals surface area contributed by atoms with Crippen molar-refractivity contribution in [2.24, 2.45) is 5.73 Å². The summed E-state index contributed by atoms with van der Waals surface area (Å²) in [6, 6.07) is 0.205. The summed E-state index contributed by atoms with van der Waals surface area (Å²) in [6.07, 6.45) is 9.27. The van der Waals surface area contributed by atoms with Gasteiger partial charge in [-0.25, -0.2) is 14.5 Å². The number of hydrogen-bond acceptors (Lipinski definition) is 4. The minimum absolute atomic E-state index is 0.0126. The third-order valence-electron chi connectivity index (χ3n) is 4.12. The van der Waals surface area contributed by atoms with Gasteiger partial charge < -0.3 is 16.0 Å². The highest BCUT2D eigenvalue weighted by Crippen LogP contribution is 2.21. The van der Waals surface area contributed by atoms with Crippen molar-refractivity contribution in [3.8, 4) is 0 Å². The van der Waals surface area contributed by atoms with E-state index in [4.69, 9.17) is 5.73 Å². The standard InChI is InChI=1S/C14H20N6O2/c15-12(21)13-16-9-20(18-13)11-6-3-7-19(8-11)14(22)17-10-4-1-2-5-10/h1-2,9-11H,3-8H2,(H2,15,21)(H,17,22)/t11-/m0/s1. The first-order valence-electron chi connectivity index (χ1n) is 7.55. The van der Waals surface area contributed by atoms with Crippen molar-refractivity contribution >= 4 is 11.9 Å². The number of piperidine rings is 1. The number of aromatic nitrogens is 3. The largest absolute Gasteiger partial charge is 0.363 e. The highest BCUT2D eigenvalue weighted by Gasteiger charge is 2.27. The summed E-state index contributed by atoms with van der Waals surface area (Å²) in [4.78, 5) is 29.1. The normalized spacial score (nSPS) is 22.0. The molecule has 0 unspecified atom stereocenters. The van der Waals surface area contributed by atoms with Crippen LogP contribution in [0.2, 0.25) is 0 Å². The third kappa shape index (κ3) is 3.10. The fourth-order valence-electron chi connectivity index (χ4n) is 2.92. The minimum Gasteiger partial charge on any atom is -0.363 e. The molecule has 8 nitrogen and oxygen atoms in total. The van der Waals surface area contributed by atoms with E-state index in [0.717, 1.165) is 32.2 Å². The summed E-state index contributed by atoms with van der Waals surface area (Å²) in [6.45, 7) is 1.30. The summed E-state index contributed by atoms with van der Waals surface area (Å²) < 4.78 is 1.64. The maximum Gasteiger partial charge on any atom is 0.317 e. The van der Waals surface area contributed by atoms with Crippen molar-refractivity contribution in [1.29, 1.82) is 0 Å². The summed E-state index contributed by atoms with van der Waals surface area (Å²) in [5, 5.41) is 7.14. The van der Waals surface area contributed by atoms with E-state index in [1.54, 1.807) is 9.58 Å². The first kappa shape index (κ1) is 14.6. The Labute approximate surface area is 128 Å². The Hall–Kier alpha value is -2.38. The predicted octanol–water partition coefficient (Wildman–Crippen LogP) is 0.442. The Morgan fingerprint density at radius 3 is 2.77 bits per heavy atom. The molecule has 1 fully saturated rings. The Kier molecular flexibility index (Phi) is 4.08. The second-order valence-electron chi connectivity index (χ2n) is 5.74. The monoisotopic (exact) mass is 304 g/mol. The van der Waals surface area contributed by atoms with Gasteiger partial charge in [-0.2, -0.15) is 0 Å². The summed E-state index contributed by atoms with van der Waals surface area (Å²) in [5.74, 6) is -0.628. The molecule has 3 N–H and O–H groups in total. The van der Waals surface area contributed by atoms with Crippen molar-refractivity contribution < 1.29 is 9.59 Å². The molecule has 3 rings (SSSR count). The maximum absolute atomic E-state index is 12.3. The molecule has 8 heteroatoms. The van der Waals surface area contributed by atoms with E-state index in [1.807, 2.05) is 0 Å². The molecule has 118 valence electrons. The molecule has 1 aliphatic carbocycles. The Morgan fingerprint density at radius 2 is 2.09 bits per heavy atom. The van der Waals surface area contributed by atoms with Gasteiger partial charge >= 0.3 is 6.03 Å². The number of primary amides is 1. The highest BCUT2D eigenvalue weighted by atomic mass is 16.2. The summed E-state index contributed by atoms with van der Waals surface area (Å²) in [5.41, 5.74) is 5.17. The van der Waals surface area contributed by atoms with Crippen molar-refractivity contribution in [2.45, 2.75) is 37.8 Å². The van der Waals surface area contributed by atoms with Gasteiger partial charge in [0, 0.05) is 19.1 Å². The smallest absolute Gasteiger partial charge is 0.317 e. The lowest BCUT2D eigenvalue weighted by atomic mass is 10.1. The van der Waals surface area contributed by atoms with Crippen LogP contribution >= 0.6 is 0 Å². The van der Waals surface area contributed by atoms with Crippen molar-refractivity contribution in [1.82, 2.24) is 25.0 Å². The average molecular weight is 304 g/mol. The molecule has 0 radical (unpaired) electrons. The van der Waals surface area contributed by atoms with Crippen LogP contribution in [0.3, 0.4) is 0 Å². The van der Waals surface area contributed by atoms with Gasteiger partial charge in [0.15, 0.2) is 0 Å². The van der Waals surface area contributed by atoms with Crippen LogP contribution < -0.4 is 11.1 Å². The van der Waals surface area contributed by atoms with Gasteiger partial charge in [-0.3, -0.25) is 4.79 Å². The van der Waals surface area contributed by atoms with Gasteiger partial charge in [-0.1, -0.05) is 12.2 Å². The number of nitrogens with one attached hydrogen (secondary N) is 1. The van der Waals surface area contributed by atoms with E-state index in [2.05, 4.69) is 27.6 Å². The Morgan fingerprint density at radius 1 is 1.32 bits per heavy atom. The molecule has 1 saturated heterocycles. The molecule has 22 heavy (non-hydrogen) atoms. The number of nitrogens with two attached hydrogens (primary N) is 1. The van der Waals surface area contributed by atoms with Crippen LogP contribution in [0.15, 0.2) is 18.5 Å². The zero-order chi connectivity index (χ0) is 15.5. The number of likely N-dealkylation sites (tertiary alicyclic amines) is 1. The molecule has 1 aromatic heterocycles. The number of carbonyl (C=O) groups is 2. The minimum atomic E-state index is -0.641. The Bertz CT molecular complexity index is 588. The second-order valence-corrected chi connectivity index (χ2v) is 5.74. The number of hydrogen-bond donors (Lipinski definition) is 2. The average Bonchev–Trinajstić information content (AvgIpc) is 3.18. The fourth-order valence-corrected chi connectivity index (χ4v) is 2.92. The summed E-state index contributed by atoms with van der Waals surface area (Å²) >= 11 is 0. The highest BCUT2D eigenvalue weighted by molar-refractivity contribution is 5.88. The van der Waals surface area contributed by atoms with Gasteiger partial charge in [0.2, 0.25) is 5.82 Å². The van der Waals surface area contributed by atoms with Gasteiger partial charge in [-0.05, 0) is 25.7 Å². The van der Waals surface area contributed by atoms with Crippen molar-refractivity contribution in [3.63, 3.8) is 0 Å². The number of rotatable bonds is 3. The molecule has 0 spiro atoms. The molecule has 0 aromatic carbocycles. The molecule has 1 aliphatic heterocycles. The number of carbonyl (C=O) groups excluding carboxylic acids is 2. The SMILES string of the molecule is NC(=O)c1ncn([C@H]2CCCN(C(=O)NC3CC=CC3)C2)n1. The van der Waals surface area contributed by atoms with E-state index in [-0.39, 0.29) is 23.9 Å². The molecule has 1 aromatic rings. The van der Waals surface area contributed by atoms with Gasteiger partial charge in [-0.15, -0.1) is 5.10 Å². The topological polar surface area (TPSA) is 106 Å². The number of urea groups is 1. The Balaban J connectivity index is 1.60. The van der Waals surface area contributed by atoms with Crippen LogP contribution in [0.25, 0.3) is 0 Å². The van der Waals surface area contributed by atoms with Crippen LogP contribution in [-0.2, 0) is 0 Å². The number of amides is 3. The lowest BCUT2D eigenvalue weighted by Gasteiger charge is -2.33. The van der Waals surface area contributed by atoms with Crippen LogP contribution in [0, 0.1) is 0 Å². The molecular formula is C14H20N6O2. The molecule has 3 amide bonds. The van der Waals surface area contributed by atoms with E-state index in [1.165, 1.54) is 6.33 Å². The van der Waals surface area contributed by atoms with Crippen LogP contribution in [0.1, 0.15) is 42.3 Å². The van der Waals surface area contributed by atoms with E-state index >= 15 is 0 Å². The molecule has 1 atom stereocenters. The number of nitrogens with zero attached hydrogens (tertiary/aromatic N) is 4. The first-order chi connectivity index (χ1) is 10.6. The lowest BCUT2D eigenvalue weighted by Crippen LogP contribution is -2.48. The zero-order valence-corrected chi connectivity index (χ0v) is 12.3. The van der Waals surface area contributed by atoms with Gasteiger partial charge in [0.05, 0.1) is 6.04 Å². The fraction of sp³-hybridized carbons (Fsp3) is 0.571. The van der Waals surface area contributed by atoms with Crippen molar-refractivity contribution in [3.05, 3.63) is 24.3 Å². The quantitative estimate of drug-likeness (QED) is 0.790. The van der Waals surface area contributed by atoms with Crippen molar-refractivity contribution in [2.75, 3.05) is 13.1 Å². The van der Waals surface area contributed by atoms with Gasteiger partial charge in [0.25, 0.3) is 5.91 Å². The van der Waals surface area contributed by atoms with Crippen LogP contribution in [-0.4, -0.2) is 50.7 Å². The first-order valence-corrected chi connectivity index (χ1v) is 7.55. The molecule has 2 aliphatic rings. The van der Waals surface area contributed by atoms with Crippen LogP contribution in [0.4, 0.5) is 4.79 Å². The molecule has 0 saturated carbocycles.